The van der Waals surface area contributed by atoms with Crippen molar-refractivity contribution in [3.8, 4) is 0 Å². The maximum absolute atomic E-state index is 6.40. The Hall–Kier alpha value is -0.770. The summed E-state index contributed by atoms with van der Waals surface area (Å²) in [5, 5.41) is 2.52. The van der Waals surface area contributed by atoms with E-state index in [9.17, 15) is 0 Å². The van der Waals surface area contributed by atoms with Gasteiger partial charge in [-0.3, -0.25) is 0 Å². The second-order valence-electron chi connectivity index (χ2n) is 5.35. The summed E-state index contributed by atoms with van der Waals surface area (Å²) in [7, 11) is 0. The summed E-state index contributed by atoms with van der Waals surface area (Å²) in [5.41, 5.74) is 10.4. The molecule has 0 bridgehead atoms. The Bertz CT molecular complexity index is 574. The molecule has 0 saturated heterocycles. The van der Waals surface area contributed by atoms with Gasteiger partial charge in [-0.15, -0.1) is 23.1 Å². The van der Waals surface area contributed by atoms with Crippen molar-refractivity contribution in [2.45, 2.75) is 50.3 Å². The number of nitrogens with two attached hydrogens (primary N) is 1. The van der Waals surface area contributed by atoms with Gasteiger partial charge in [0.1, 0.15) is 0 Å². The maximum atomic E-state index is 6.40. The molecule has 1 heterocycles. The third-order valence-electron chi connectivity index (χ3n) is 3.62. The summed E-state index contributed by atoms with van der Waals surface area (Å²) < 4.78 is 0. The Balaban J connectivity index is 2.33. The van der Waals surface area contributed by atoms with Crippen LogP contribution >= 0.6 is 23.1 Å². The summed E-state index contributed by atoms with van der Waals surface area (Å²) in [6.45, 7) is 8.68. The van der Waals surface area contributed by atoms with Gasteiger partial charge in [0.05, 0.1) is 5.25 Å². The van der Waals surface area contributed by atoms with Gasteiger partial charge in [-0.05, 0) is 55.8 Å². The van der Waals surface area contributed by atoms with Gasteiger partial charge in [-0.25, -0.2) is 0 Å². The first-order chi connectivity index (χ1) is 9.52. The molecule has 0 spiro atoms. The number of thiophene rings is 1. The first-order valence-corrected chi connectivity index (χ1v) is 8.82. The first-order valence-electron chi connectivity index (χ1n) is 7.06. The molecule has 0 aliphatic carbocycles. The zero-order valence-corrected chi connectivity index (χ0v) is 14.3. The third-order valence-corrected chi connectivity index (χ3v) is 6.40. The van der Waals surface area contributed by atoms with E-state index in [-0.39, 0.29) is 6.04 Å². The van der Waals surface area contributed by atoms with Crippen molar-refractivity contribution in [2.75, 3.05) is 0 Å². The van der Waals surface area contributed by atoms with Crippen molar-refractivity contribution >= 4 is 23.1 Å². The number of thioether (sulfide) groups is 1. The second kappa shape index (κ2) is 6.79. The van der Waals surface area contributed by atoms with Crippen molar-refractivity contribution in [1.82, 2.24) is 0 Å². The quantitative estimate of drug-likeness (QED) is 0.764. The van der Waals surface area contributed by atoms with E-state index in [1.165, 1.54) is 26.5 Å². The number of hydrogen-bond acceptors (Lipinski definition) is 3. The molecule has 2 N–H and O–H groups in total. The fraction of sp³-hybridized carbons (Fsp3) is 0.412. The molecule has 0 amide bonds. The van der Waals surface area contributed by atoms with Crippen LogP contribution in [0.1, 0.15) is 40.2 Å². The molecular formula is C17H23NS2. The first kappa shape index (κ1) is 15.6. The Morgan fingerprint density at radius 2 is 1.90 bits per heavy atom. The average molecular weight is 306 g/mol. The number of benzene rings is 1. The van der Waals surface area contributed by atoms with Gasteiger partial charge in [0.25, 0.3) is 0 Å². The van der Waals surface area contributed by atoms with E-state index in [0.29, 0.717) is 5.25 Å². The molecular weight excluding hydrogens is 282 g/mol. The highest BCUT2D eigenvalue weighted by atomic mass is 32.2. The van der Waals surface area contributed by atoms with Gasteiger partial charge in [0.15, 0.2) is 0 Å². The molecule has 20 heavy (non-hydrogen) atoms. The molecule has 3 heteroatoms. The van der Waals surface area contributed by atoms with Crippen LogP contribution in [0.4, 0.5) is 0 Å². The zero-order valence-electron chi connectivity index (χ0n) is 12.6. The fourth-order valence-corrected chi connectivity index (χ4v) is 4.93. The predicted molar refractivity (Wildman–Crippen MR) is 91.8 cm³/mol. The topological polar surface area (TPSA) is 26.0 Å². The second-order valence-corrected chi connectivity index (χ2v) is 7.48. The number of hydrogen-bond donors (Lipinski definition) is 1. The normalized spacial score (nSPS) is 14.2. The minimum Gasteiger partial charge on any atom is -0.326 e. The molecule has 1 aromatic heterocycles. The minimum atomic E-state index is 0.192. The monoisotopic (exact) mass is 305 g/mol. The van der Waals surface area contributed by atoms with E-state index in [2.05, 4.69) is 57.3 Å². The van der Waals surface area contributed by atoms with E-state index in [1.54, 1.807) is 0 Å². The molecule has 2 aromatic rings. The Kier molecular flexibility index (Phi) is 5.30. The van der Waals surface area contributed by atoms with Gasteiger partial charge < -0.3 is 5.73 Å². The summed E-state index contributed by atoms with van der Waals surface area (Å²) in [4.78, 5) is 2.77. The van der Waals surface area contributed by atoms with Crippen LogP contribution in [-0.4, -0.2) is 6.04 Å². The highest BCUT2D eigenvalue weighted by Gasteiger charge is 2.23. The number of rotatable bonds is 5. The van der Waals surface area contributed by atoms with E-state index in [0.717, 1.165) is 6.42 Å². The molecule has 0 radical (unpaired) electrons. The molecule has 0 saturated carbocycles. The molecule has 108 valence electrons. The molecule has 1 nitrogen and oxygen atoms in total. The van der Waals surface area contributed by atoms with Crippen LogP contribution in [-0.2, 0) is 0 Å². The highest BCUT2D eigenvalue weighted by molar-refractivity contribution is 7.99. The molecule has 2 atom stereocenters. The lowest BCUT2D eigenvalue weighted by Crippen LogP contribution is -2.25. The van der Waals surface area contributed by atoms with Crippen LogP contribution in [0.15, 0.2) is 34.5 Å². The van der Waals surface area contributed by atoms with Gasteiger partial charge >= 0.3 is 0 Å². The summed E-state index contributed by atoms with van der Waals surface area (Å²) >= 11 is 3.75. The van der Waals surface area contributed by atoms with E-state index < -0.39 is 0 Å². The third kappa shape index (κ3) is 3.46. The van der Waals surface area contributed by atoms with E-state index in [1.807, 2.05) is 23.1 Å². The highest BCUT2D eigenvalue weighted by Crippen LogP contribution is 2.42. The molecule has 2 unspecified atom stereocenters. The van der Waals surface area contributed by atoms with Crippen LogP contribution in [0, 0.1) is 20.8 Å². The molecule has 0 aliphatic rings. The zero-order chi connectivity index (χ0) is 14.7. The predicted octanol–water partition coefficient (Wildman–Crippen LogP) is 5.24. The van der Waals surface area contributed by atoms with Crippen molar-refractivity contribution in [3.63, 3.8) is 0 Å². The summed E-state index contributed by atoms with van der Waals surface area (Å²) in [6.07, 6.45) is 1.000. The van der Waals surface area contributed by atoms with Crippen LogP contribution in [0.25, 0.3) is 0 Å². The average Bonchev–Trinajstić information content (AvgIpc) is 2.85. The lowest BCUT2D eigenvalue weighted by atomic mass is 10.1. The lowest BCUT2D eigenvalue weighted by Gasteiger charge is -2.23. The van der Waals surface area contributed by atoms with Crippen molar-refractivity contribution in [2.24, 2.45) is 5.73 Å². The van der Waals surface area contributed by atoms with Crippen LogP contribution < -0.4 is 5.73 Å². The van der Waals surface area contributed by atoms with Crippen molar-refractivity contribution in [3.05, 3.63) is 51.2 Å². The Labute approximate surface area is 130 Å². The fourth-order valence-electron chi connectivity index (χ4n) is 2.20. The molecule has 1 aromatic carbocycles. The number of aryl methyl sites for hydroxylation is 3. The van der Waals surface area contributed by atoms with Crippen molar-refractivity contribution < 1.29 is 0 Å². The molecule has 0 fully saturated rings. The van der Waals surface area contributed by atoms with Crippen molar-refractivity contribution in [1.29, 1.82) is 0 Å². The van der Waals surface area contributed by atoms with Crippen LogP contribution in [0.2, 0.25) is 0 Å². The van der Waals surface area contributed by atoms with Crippen LogP contribution in [0.3, 0.4) is 0 Å². The van der Waals surface area contributed by atoms with E-state index >= 15 is 0 Å². The summed E-state index contributed by atoms with van der Waals surface area (Å²) in [5.74, 6) is 0. The van der Waals surface area contributed by atoms with Gasteiger partial charge in [0, 0.05) is 15.8 Å². The lowest BCUT2D eigenvalue weighted by molar-refractivity contribution is 0.638. The summed E-state index contributed by atoms with van der Waals surface area (Å²) in [6, 6.07) is 9.03. The standard InChI is InChI=1S/C17H23NS2/c1-5-14(18)17(16-13(4)8-9-19-16)20-15-10-11(2)6-7-12(15)3/h6-10,14,17H,5,18H2,1-4H3. The van der Waals surface area contributed by atoms with Gasteiger partial charge in [-0.1, -0.05) is 24.6 Å². The Morgan fingerprint density at radius 1 is 1.15 bits per heavy atom. The SMILES string of the molecule is CCC(N)C(Sc1cc(C)ccc1C)c1sccc1C. The largest absolute Gasteiger partial charge is 0.326 e. The van der Waals surface area contributed by atoms with Gasteiger partial charge in [0.2, 0.25) is 0 Å². The molecule has 0 aliphatic heterocycles. The maximum Gasteiger partial charge on any atom is 0.0591 e. The minimum absolute atomic E-state index is 0.192. The van der Waals surface area contributed by atoms with Gasteiger partial charge in [-0.2, -0.15) is 0 Å². The Morgan fingerprint density at radius 3 is 2.50 bits per heavy atom. The molecule has 2 rings (SSSR count). The van der Waals surface area contributed by atoms with E-state index in [4.69, 9.17) is 5.73 Å². The smallest absolute Gasteiger partial charge is 0.0591 e. The van der Waals surface area contributed by atoms with Crippen LogP contribution in [0.5, 0.6) is 0 Å².